The number of hydrogen-bond donors (Lipinski definition) is 1. The third-order valence-corrected chi connectivity index (χ3v) is 5.95. The molecular weight excluding hydrogens is 428 g/mol. The number of hydrogen-bond acceptors (Lipinski definition) is 4. The molecule has 0 amide bonds. The molecule has 0 unspecified atom stereocenters. The topological polar surface area (TPSA) is 27.7 Å². The van der Waals surface area contributed by atoms with E-state index in [1.807, 2.05) is 48.5 Å². The third-order valence-electron chi connectivity index (χ3n) is 5.66. The Morgan fingerprint density at radius 1 is 0.727 bits per heavy atom. The highest BCUT2D eigenvalue weighted by Gasteiger charge is 2.38. The summed E-state index contributed by atoms with van der Waals surface area (Å²) in [6.45, 7) is 8.37. The molecule has 176 valence electrons. The maximum Gasteiger partial charge on any atom is 0.143 e. The lowest BCUT2D eigenvalue weighted by atomic mass is 9.80. The van der Waals surface area contributed by atoms with Gasteiger partial charge in [-0.05, 0) is 40.7 Å². The second kappa shape index (κ2) is 11.7. The Morgan fingerprint density at radius 3 is 1.73 bits per heavy atom. The lowest BCUT2D eigenvalue weighted by Crippen LogP contribution is -2.35. The second-order valence-electron chi connectivity index (χ2n) is 9.49. The third kappa shape index (κ3) is 6.86. The van der Waals surface area contributed by atoms with Crippen LogP contribution in [0.3, 0.4) is 0 Å². The molecule has 0 aliphatic carbocycles. The van der Waals surface area contributed by atoms with Gasteiger partial charge in [-0.1, -0.05) is 93.6 Å². The number of methoxy groups -OCH3 is 1. The summed E-state index contributed by atoms with van der Waals surface area (Å²) in [7, 11) is 1.68. The van der Waals surface area contributed by atoms with E-state index in [0.717, 1.165) is 35.5 Å². The second-order valence-corrected chi connectivity index (χ2v) is 10.2. The first-order chi connectivity index (χ1) is 15.8. The molecule has 0 N–H and O–H groups in total. The fourth-order valence-corrected chi connectivity index (χ4v) is 3.97. The van der Waals surface area contributed by atoms with Crippen LogP contribution >= 0.6 is 12.6 Å². The van der Waals surface area contributed by atoms with Crippen molar-refractivity contribution in [3.8, 4) is 5.75 Å². The van der Waals surface area contributed by atoms with Crippen molar-refractivity contribution in [2.45, 2.75) is 38.0 Å². The highest BCUT2D eigenvalue weighted by molar-refractivity contribution is 7.81. The van der Waals surface area contributed by atoms with Gasteiger partial charge in [-0.25, -0.2) is 0 Å². The van der Waals surface area contributed by atoms with Crippen LogP contribution in [0.15, 0.2) is 84.9 Å². The molecule has 0 saturated carbocycles. The Kier molecular flexibility index (Phi) is 9.02. The molecule has 0 aliphatic heterocycles. The first-order valence-corrected chi connectivity index (χ1v) is 12.0. The van der Waals surface area contributed by atoms with Crippen molar-refractivity contribution in [2.75, 3.05) is 26.9 Å². The van der Waals surface area contributed by atoms with Gasteiger partial charge in [0, 0.05) is 11.9 Å². The maximum atomic E-state index is 6.82. The van der Waals surface area contributed by atoms with E-state index >= 15 is 0 Å². The van der Waals surface area contributed by atoms with Gasteiger partial charge in [0.15, 0.2) is 0 Å². The van der Waals surface area contributed by atoms with E-state index in [9.17, 15) is 0 Å². The Balaban J connectivity index is 1.91. The smallest absolute Gasteiger partial charge is 0.143 e. The molecule has 0 spiro atoms. The Bertz CT molecular complexity index is 910. The number of thiol groups is 1. The SMILES string of the molecule is COc1ccc(C(OC[C@@H](S)COCCC(C)(C)C)(c2ccccc2)c2ccccc2)cc1. The van der Waals surface area contributed by atoms with Crippen LogP contribution in [0.1, 0.15) is 43.9 Å². The molecule has 3 nitrogen and oxygen atoms in total. The predicted molar refractivity (Wildman–Crippen MR) is 139 cm³/mol. The number of benzene rings is 3. The fraction of sp³-hybridized carbons (Fsp3) is 0.379. The van der Waals surface area contributed by atoms with Gasteiger partial charge in [-0.2, -0.15) is 12.6 Å². The molecule has 0 fully saturated rings. The van der Waals surface area contributed by atoms with Crippen molar-refractivity contribution in [3.63, 3.8) is 0 Å². The molecule has 3 aromatic rings. The van der Waals surface area contributed by atoms with E-state index in [1.54, 1.807) is 7.11 Å². The quantitative estimate of drug-likeness (QED) is 0.193. The zero-order valence-electron chi connectivity index (χ0n) is 20.2. The zero-order chi connectivity index (χ0) is 23.7. The number of rotatable bonds is 11. The summed E-state index contributed by atoms with van der Waals surface area (Å²) < 4.78 is 18.1. The van der Waals surface area contributed by atoms with Gasteiger partial charge in [-0.3, -0.25) is 0 Å². The van der Waals surface area contributed by atoms with Crippen LogP contribution in [0, 0.1) is 5.41 Å². The van der Waals surface area contributed by atoms with Gasteiger partial charge >= 0.3 is 0 Å². The summed E-state index contributed by atoms with van der Waals surface area (Å²) >= 11 is 4.79. The molecule has 0 bridgehead atoms. The summed E-state index contributed by atoms with van der Waals surface area (Å²) in [5.74, 6) is 0.813. The molecule has 0 saturated heterocycles. The van der Waals surface area contributed by atoms with E-state index in [-0.39, 0.29) is 10.7 Å². The molecule has 4 heteroatoms. The molecule has 0 aromatic heterocycles. The highest BCUT2D eigenvalue weighted by atomic mass is 32.1. The maximum absolute atomic E-state index is 6.82. The van der Waals surface area contributed by atoms with E-state index in [4.69, 9.17) is 26.8 Å². The molecule has 0 aliphatic rings. The van der Waals surface area contributed by atoms with Crippen LogP contribution in [0.4, 0.5) is 0 Å². The Labute approximate surface area is 204 Å². The van der Waals surface area contributed by atoms with Crippen molar-refractivity contribution in [2.24, 2.45) is 5.41 Å². The minimum absolute atomic E-state index is 0.0463. The number of ether oxygens (including phenoxy) is 3. The lowest BCUT2D eigenvalue weighted by molar-refractivity contribution is 0.00152. The van der Waals surface area contributed by atoms with Gasteiger partial charge in [0.2, 0.25) is 0 Å². The molecule has 33 heavy (non-hydrogen) atoms. The first-order valence-electron chi connectivity index (χ1n) is 11.5. The summed E-state index contributed by atoms with van der Waals surface area (Å²) in [6.07, 6.45) is 1.01. The van der Waals surface area contributed by atoms with Crippen molar-refractivity contribution < 1.29 is 14.2 Å². The van der Waals surface area contributed by atoms with Gasteiger partial charge in [0.25, 0.3) is 0 Å². The highest BCUT2D eigenvalue weighted by Crippen LogP contribution is 2.41. The van der Waals surface area contributed by atoms with Crippen molar-refractivity contribution >= 4 is 12.6 Å². The van der Waals surface area contributed by atoms with Gasteiger partial charge < -0.3 is 14.2 Å². The van der Waals surface area contributed by atoms with Crippen LogP contribution in [0.25, 0.3) is 0 Å². The van der Waals surface area contributed by atoms with E-state index < -0.39 is 5.60 Å². The summed E-state index contributed by atoms with van der Waals surface area (Å²) in [5, 5.41) is -0.0463. The molecule has 3 aromatic carbocycles. The zero-order valence-corrected chi connectivity index (χ0v) is 21.1. The predicted octanol–water partition coefficient (Wildman–Crippen LogP) is 6.75. The van der Waals surface area contributed by atoms with Crippen LogP contribution in [0.5, 0.6) is 5.75 Å². The minimum Gasteiger partial charge on any atom is -0.497 e. The standard InChI is InChI=1S/C29H36O3S/c1-28(2,3)19-20-31-21-27(33)22-32-29(23-11-7-5-8-12-23,24-13-9-6-10-14-24)25-15-17-26(30-4)18-16-25/h5-18,27,33H,19-22H2,1-4H3/t27-/m0/s1. The average molecular weight is 465 g/mol. The minimum atomic E-state index is -0.777. The fourth-order valence-electron chi connectivity index (χ4n) is 3.79. The van der Waals surface area contributed by atoms with Gasteiger partial charge in [-0.15, -0.1) is 0 Å². The summed E-state index contributed by atoms with van der Waals surface area (Å²) in [6, 6.07) is 28.8. The molecule has 0 heterocycles. The Hall–Kier alpha value is -2.27. The van der Waals surface area contributed by atoms with Crippen LogP contribution < -0.4 is 4.74 Å². The van der Waals surface area contributed by atoms with Crippen molar-refractivity contribution in [1.82, 2.24) is 0 Å². The van der Waals surface area contributed by atoms with E-state index in [0.29, 0.717) is 13.2 Å². The monoisotopic (exact) mass is 464 g/mol. The van der Waals surface area contributed by atoms with E-state index in [1.165, 1.54) is 0 Å². The van der Waals surface area contributed by atoms with Crippen LogP contribution in [-0.4, -0.2) is 32.2 Å². The largest absolute Gasteiger partial charge is 0.497 e. The van der Waals surface area contributed by atoms with E-state index in [2.05, 4.69) is 57.2 Å². The first kappa shape index (κ1) is 25.4. The Morgan fingerprint density at radius 2 is 1.24 bits per heavy atom. The molecule has 0 radical (unpaired) electrons. The molecule has 3 rings (SSSR count). The molecule has 1 atom stereocenters. The van der Waals surface area contributed by atoms with Crippen LogP contribution in [0.2, 0.25) is 0 Å². The van der Waals surface area contributed by atoms with Crippen molar-refractivity contribution in [1.29, 1.82) is 0 Å². The summed E-state index contributed by atoms with van der Waals surface area (Å²) in [5.41, 5.74) is 2.65. The van der Waals surface area contributed by atoms with Crippen molar-refractivity contribution in [3.05, 3.63) is 102 Å². The normalized spacial score (nSPS) is 13.0. The molecular formula is C29H36O3S. The average Bonchev–Trinajstić information content (AvgIpc) is 2.83. The van der Waals surface area contributed by atoms with Gasteiger partial charge in [0.05, 0.1) is 20.3 Å². The van der Waals surface area contributed by atoms with Crippen LogP contribution in [-0.2, 0) is 15.1 Å². The van der Waals surface area contributed by atoms with Gasteiger partial charge in [0.1, 0.15) is 11.4 Å². The lowest BCUT2D eigenvalue weighted by Gasteiger charge is -2.36. The summed E-state index contributed by atoms with van der Waals surface area (Å²) in [4.78, 5) is 0.